The lowest BCUT2D eigenvalue weighted by atomic mass is 9.98. The van der Waals surface area contributed by atoms with Gasteiger partial charge in [-0.25, -0.2) is 0 Å². The predicted molar refractivity (Wildman–Crippen MR) is 69.2 cm³/mol. The van der Waals surface area contributed by atoms with Crippen molar-refractivity contribution in [2.24, 2.45) is 0 Å². The summed E-state index contributed by atoms with van der Waals surface area (Å²) >= 11 is 0. The summed E-state index contributed by atoms with van der Waals surface area (Å²) in [6, 6.07) is 0.603. The number of rotatable bonds is 9. The number of carbonyl (C=O) groups excluding carboxylic acids is 1. The molecule has 18 heavy (non-hydrogen) atoms. The van der Waals surface area contributed by atoms with Crippen LogP contribution in [-0.4, -0.2) is 42.2 Å². The first-order valence-electron chi connectivity index (χ1n) is 6.59. The molecule has 6 heteroatoms. The van der Waals surface area contributed by atoms with Crippen molar-refractivity contribution in [1.82, 2.24) is 0 Å². The van der Waals surface area contributed by atoms with E-state index in [1.165, 1.54) is 46.3 Å². The van der Waals surface area contributed by atoms with E-state index in [1.807, 2.05) is 0 Å². The number of carbonyl (C=O) groups is 1. The van der Waals surface area contributed by atoms with Crippen molar-refractivity contribution in [3.8, 4) is 0 Å². The number of ether oxygens (including phenoxy) is 1. The van der Waals surface area contributed by atoms with E-state index in [9.17, 15) is 4.79 Å². The first kappa shape index (κ1) is 15.6. The topological polar surface area (TPSA) is 54.0 Å². The molecule has 0 aromatic carbocycles. The van der Waals surface area contributed by atoms with Crippen molar-refractivity contribution in [2.45, 2.75) is 50.7 Å². The SMILES string of the molecule is CO[Si](CCCOC1CCCCC1)(OC)OC=O. The molecule has 0 heterocycles. The van der Waals surface area contributed by atoms with E-state index < -0.39 is 8.80 Å². The van der Waals surface area contributed by atoms with Gasteiger partial charge in [0.1, 0.15) is 0 Å². The molecular formula is C12H24O5Si. The summed E-state index contributed by atoms with van der Waals surface area (Å²) in [6.45, 7) is 1.08. The van der Waals surface area contributed by atoms with E-state index in [2.05, 4.69) is 0 Å². The fourth-order valence-corrected chi connectivity index (χ4v) is 3.90. The summed E-state index contributed by atoms with van der Waals surface area (Å²) in [6.07, 6.45) is 7.41. The normalized spacial score (nSPS) is 17.7. The van der Waals surface area contributed by atoms with E-state index in [4.69, 9.17) is 18.0 Å². The zero-order chi connectivity index (χ0) is 13.3. The lowest BCUT2D eigenvalue weighted by Gasteiger charge is -2.25. The molecule has 0 aliphatic heterocycles. The highest BCUT2D eigenvalue weighted by atomic mass is 28.4. The van der Waals surface area contributed by atoms with Crippen LogP contribution in [0.3, 0.4) is 0 Å². The van der Waals surface area contributed by atoms with Gasteiger partial charge in [0.25, 0.3) is 6.47 Å². The Morgan fingerprint density at radius 1 is 1.17 bits per heavy atom. The molecule has 0 radical (unpaired) electrons. The van der Waals surface area contributed by atoms with Crippen molar-refractivity contribution in [3.63, 3.8) is 0 Å². The third-order valence-corrected chi connectivity index (χ3v) is 6.05. The van der Waals surface area contributed by atoms with E-state index >= 15 is 0 Å². The first-order valence-corrected chi connectivity index (χ1v) is 8.53. The lowest BCUT2D eigenvalue weighted by molar-refractivity contribution is -0.124. The van der Waals surface area contributed by atoms with Gasteiger partial charge in [0.05, 0.1) is 6.10 Å². The predicted octanol–water partition coefficient (Wildman–Crippen LogP) is 2.13. The first-order chi connectivity index (χ1) is 8.76. The quantitative estimate of drug-likeness (QED) is 0.367. The molecule has 0 saturated heterocycles. The standard InChI is InChI=1S/C12H24O5Si/c1-14-18(15-2,17-11-13)10-6-9-16-12-7-4-3-5-8-12/h11-12H,3-10H2,1-2H3. The fraction of sp³-hybridized carbons (Fsp3) is 0.917. The third-order valence-electron chi connectivity index (χ3n) is 3.38. The maximum absolute atomic E-state index is 10.4. The molecular weight excluding hydrogens is 252 g/mol. The molecule has 0 spiro atoms. The average Bonchev–Trinajstić information content (AvgIpc) is 2.43. The molecule has 0 amide bonds. The fourth-order valence-electron chi connectivity index (χ4n) is 2.29. The minimum Gasteiger partial charge on any atom is -0.476 e. The van der Waals surface area contributed by atoms with Gasteiger partial charge in [0, 0.05) is 26.9 Å². The van der Waals surface area contributed by atoms with Crippen LogP contribution in [0.15, 0.2) is 0 Å². The highest BCUT2D eigenvalue weighted by Gasteiger charge is 2.40. The third kappa shape index (κ3) is 5.05. The highest BCUT2D eigenvalue weighted by molar-refractivity contribution is 6.61. The minimum absolute atomic E-state index is 0.404. The van der Waals surface area contributed by atoms with Gasteiger partial charge in [-0.05, 0) is 19.3 Å². The molecule has 5 nitrogen and oxygen atoms in total. The molecule has 0 atom stereocenters. The van der Waals surface area contributed by atoms with Gasteiger partial charge in [0.2, 0.25) is 0 Å². The van der Waals surface area contributed by atoms with Crippen LogP contribution in [0.1, 0.15) is 38.5 Å². The Morgan fingerprint density at radius 3 is 2.39 bits per heavy atom. The van der Waals surface area contributed by atoms with Crippen LogP contribution >= 0.6 is 0 Å². The molecule has 0 bridgehead atoms. The van der Waals surface area contributed by atoms with E-state index in [0.717, 1.165) is 6.42 Å². The van der Waals surface area contributed by atoms with Crippen LogP contribution in [0.2, 0.25) is 6.04 Å². The van der Waals surface area contributed by atoms with Crippen LogP contribution in [0.25, 0.3) is 0 Å². The largest absolute Gasteiger partial charge is 0.567 e. The average molecular weight is 276 g/mol. The van der Waals surface area contributed by atoms with Crippen molar-refractivity contribution in [3.05, 3.63) is 0 Å². The van der Waals surface area contributed by atoms with Crippen molar-refractivity contribution in [2.75, 3.05) is 20.8 Å². The molecule has 106 valence electrons. The highest BCUT2D eigenvalue weighted by Crippen LogP contribution is 2.21. The smallest absolute Gasteiger partial charge is 0.476 e. The van der Waals surface area contributed by atoms with Gasteiger partial charge in [-0.15, -0.1) is 0 Å². The van der Waals surface area contributed by atoms with Gasteiger partial charge >= 0.3 is 8.80 Å². The Balaban J connectivity index is 2.19. The van der Waals surface area contributed by atoms with E-state index in [1.54, 1.807) is 0 Å². The maximum Gasteiger partial charge on any atom is 0.567 e. The molecule has 0 unspecified atom stereocenters. The number of hydrogen-bond donors (Lipinski definition) is 0. The van der Waals surface area contributed by atoms with Gasteiger partial charge in [-0.3, -0.25) is 4.79 Å². The van der Waals surface area contributed by atoms with Crippen molar-refractivity contribution >= 4 is 15.3 Å². The Kier molecular flexibility index (Phi) is 7.49. The molecule has 1 aliphatic carbocycles. The van der Waals surface area contributed by atoms with Gasteiger partial charge in [-0.2, -0.15) is 0 Å². The Morgan fingerprint density at radius 2 is 1.83 bits per heavy atom. The second-order valence-electron chi connectivity index (χ2n) is 4.54. The second kappa shape index (κ2) is 8.63. The molecule has 1 saturated carbocycles. The Hall–Kier alpha value is -0.433. The molecule has 1 rings (SSSR count). The number of hydrogen-bond acceptors (Lipinski definition) is 5. The molecule has 0 aromatic rings. The van der Waals surface area contributed by atoms with Crippen LogP contribution in [0.4, 0.5) is 0 Å². The summed E-state index contributed by atoms with van der Waals surface area (Å²) in [7, 11) is 0.252. The van der Waals surface area contributed by atoms with Gasteiger partial charge in [0.15, 0.2) is 0 Å². The zero-order valence-electron chi connectivity index (χ0n) is 11.4. The second-order valence-corrected chi connectivity index (χ2v) is 7.46. The van der Waals surface area contributed by atoms with Gasteiger partial charge < -0.3 is 18.0 Å². The Bertz CT molecular complexity index is 227. The lowest BCUT2D eigenvalue weighted by Crippen LogP contribution is -2.43. The summed E-state index contributed by atoms with van der Waals surface area (Å²) in [5, 5.41) is 0. The van der Waals surface area contributed by atoms with E-state index in [0.29, 0.717) is 25.2 Å². The van der Waals surface area contributed by atoms with Crippen molar-refractivity contribution in [1.29, 1.82) is 0 Å². The minimum atomic E-state index is -2.78. The van der Waals surface area contributed by atoms with Crippen LogP contribution in [0, 0.1) is 0 Å². The summed E-state index contributed by atoms with van der Waals surface area (Å²) in [4.78, 5) is 10.4. The van der Waals surface area contributed by atoms with Gasteiger partial charge in [-0.1, -0.05) is 19.3 Å². The Labute approximate surface area is 110 Å². The molecule has 0 aromatic heterocycles. The van der Waals surface area contributed by atoms with Crippen LogP contribution in [-0.2, 0) is 22.8 Å². The van der Waals surface area contributed by atoms with E-state index in [-0.39, 0.29) is 0 Å². The summed E-state index contributed by atoms with van der Waals surface area (Å²) < 4.78 is 21.2. The zero-order valence-corrected chi connectivity index (χ0v) is 12.4. The molecule has 1 fully saturated rings. The van der Waals surface area contributed by atoms with Crippen LogP contribution < -0.4 is 0 Å². The monoisotopic (exact) mass is 276 g/mol. The summed E-state index contributed by atoms with van der Waals surface area (Å²) in [5.74, 6) is 0. The molecule has 0 N–H and O–H groups in total. The van der Waals surface area contributed by atoms with Crippen LogP contribution in [0.5, 0.6) is 0 Å². The molecule has 1 aliphatic rings. The van der Waals surface area contributed by atoms with Crippen molar-refractivity contribution < 1.29 is 22.8 Å². The summed E-state index contributed by atoms with van der Waals surface area (Å²) in [5.41, 5.74) is 0. The maximum atomic E-state index is 10.4.